The number of hydrogen-bond acceptors (Lipinski definition) is 3. The Labute approximate surface area is 69.8 Å². The van der Waals surface area contributed by atoms with Gasteiger partial charge in [0.1, 0.15) is 0 Å². The third kappa shape index (κ3) is 1.45. The molecule has 0 aliphatic rings. The van der Waals surface area contributed by atoms with Gasteiger partial charge in [-0.05, 0) is 6.92 Å². The smallest absolute Gasteiger partial charge is 0.251 e. The Balaban J connectivity index is 3.02. The highest BCUT2D eigenvalue weighted by atomic mass is 16.3. The van der Waals surface area contributed by atoms with Gasteiger partial charge in [-0.3, -0.25) is 9.48 Å². The second kappa shape index (κ2) is 2.94. The first-order chi connectivity index (χ1) is 5.52. The monoisotopic (exact) mass is 169 g/mol. The van der Waals surface area contributed by atoms with Crippen LogP contribution in [0.4, 0.5) is 0 Å². The van der Waals surface area contributed by atoms with Crippen LogP contribution in [0.2, 0.25) is 0 Å². The number of aryl methyl sites for hydroxylation is 2. The first-order valence-corrected chi connectivity index (χ1v) is 3.50. The molecule has 1 rings (SSSR count). The molecule has 0 aromatic carbocycles. The molecule has 12 heavy (non-hydrogen) atoms. The number of rotatable bonds is 2. The Kier molecular flexibility index (Phi) is 2.14. The fourth-order valence-corrected chi connectivity index (χ4v) is 1.04. The highest BCUT2D eigenvalue weighted by Crippen LogP contribution is 2.14. The summed E-state index contributed by atoms with van der Waals surface area (Å²) < 4.78 is 1.52. The Morgan fingerprint density at radius 2 is 2.42 bits per heavy atom. The van der Waals surface area contributed by atoms with E-state index in [9.17, 15) is 9.90 Å². The zero-order valence-electron chi connectivity index (χ0n) is 6.98. The van der Waals surface area contributed by atoms with E-state index in [1.807, 2.05) is 0 Å². The van der Waals surface area contributed by atoms with Crippen LogP contribution >= 0.6 is 0 Å². The number of aliphatic hydroxyl groups is 1. The maximum absolute atomic E-state index is 10.6. The van der Waals surface area contributed by atoms with Gasteiger partial charge >= 0.3 is 0 Å². The first-order valence-electron chi connectivity index (χ1n) is 3.50. The lowest BCUT2D eigenvalue weighted by Crippen LogP contribution is -2.21. The second-order valence-electron chi connectivity index (χ2n) is 2.65. The molecule has 1 amide bonds. The minimum Gasteiger partial charge on any atom is -0.378 e. The van der Waals surface area contributed by atoms with Crippen molar-refractivity contribution >= 4 is 5.91 Å². The van der Waals surface area contributed by atoms with Gasteiger partial charge in [0, 0.05) is 18.8 Å². The SMILES string of the molecule is Cc1nn(C)cc1C(O)C(N)=O. The summed E-state index contributed by atoms with van der Waals surface area (Å²) in [7, 11) is 1.71. The predicted octanol–water partition coefficient (Wildman–Crippen LogP) is -0.753. The molecule has 0 fully saturated rings. The van der Waals surface area contributed by atoms with Crippen LogP contribution in [0.3, 0.4) is 0 Å². The van der Waals surface area contributed by atoms with Gasteiger partial charge in [0.25, 0.3) is 5.91 Å². The predicted molar refractivity (Wildman–Crippen MR) is 42.1 cm³/mol. The number of nitrogens with zero attached hydrogens (tertiary/aromatic N) is 2. The Bertz CT molecular complexity index is 306. The third-order valence-corrected chi connectivity index (χ3v) is 1.62. The molecule has 1 unspecified atom stereocenters. The van der Waals surface area contributed by atoms with E-state index in [1.54, 1.807) is 20.2 Å². The van der Waals surface area contributed by atoms with Crippen LogP contribution in [0.15, 0.2) is 6.20 Å². The number of amides is 1. The molecule has 0 aliphatic carbocycles. The van der Waals surface area contributed by atoms with Crippen LogP contribution in [0.25, 0.3) is 0 Å². The van der Waals surface area contributed by atoms with Gasteiger partial charge in [-0.25, -0.2) is 0 Å². The van der Waals surface area contributed by atoms with Crippen LogP contribution in [-0.4, -0.2) is 20.8 Å². The molecule has 5 nitrogen and oxygen atoms in total. The van der Waals surface area contributed by atoms with E-state index in [1.165, 1.54) is 4.68 Å². The molecule has 1 atom stereocenters. The molecule has 3 N–H and O–H groups in total. The van der Waals surface area contributed by atoms with Crippen molar-refractivity contribution in [2.75, 3.05) is 0 Å². The molecule has 0 saturated carbocycles. The van der Waals surface area contributed by atoms with Crippen molar-refractivity contribution in [2.45, 2.75) is 13.0 Å². The van der Waals surface area contributed by atoms with Gasteiger partial charge in [0.05, 0.1) is 5.69 Å². The summed E-state index contributed by atoms with van der Waals surface area (Å²) in [5.74, 6) is -0.758. The van der Waals surface area contributed by atoms with Crippen molar-refractivity contribution in [1.82, 2.24) is 9.78 Å². The highest BCUT2D eigenvalue weighted by molar-refractivity contribution is 5.80. The molecule has 66 valence electrons. The normalized spacial score (nSPS) is 12.9. The highest BCUT2D eigenvalue weighted by Gasteiger charge is 2.18. The van der Waals surface area contributed by atoms with Gasteiger partial charge in [0.2, 0.25) is 0 Å². The van der Waals surface area contributed by atoms with E-state index in [0.29, 0.717) is 11.3 Å². The molecule has 5 heteroatoms. The lowest BCUT2D eigenvalue weighted by Gasteiger charge is -2.02. The standard InChI is InChI=1S/C7H11N3O2/c1-4-5(3-10(2)9-4)6(11)7(8)12/h3,6,11H,1-2H3,(H2,8,12). The average molecular weight is 169 g/mol. The second-order valence-corrected chi connectivity index (χ2v) is 2.65. The number of nitrogens with two attached hydrogens (primary N) is 1. The van der Waals surface area contributed by atoms with Crippen molar-refractivity contribution < 1.29 is 9.90 Å². The Morgan fingerprint density at radius 1 is 1.83 bits per heavy atom. The van der Waals surface area contributed by atoms with Crippen molar-refractivity contribution in [3.63, 3.8) is 0 Å². The molecule has 0 saturated heterocycles. The number of hydrogen-bond donors (Lipinski definition) is 2. The Hall–Kier alpha value is -1.36. The fraction of sp³-hybridized carbons (Fsp3) is 0.429. The van der Waals surface area contributed by atoms with Crippen LogP contribution in [0, 0.1) is 6.92 Å². The summed E-state index contributed by atoms with van der Waals surface area (Å²) in [6, 6.07) is 0. The van der Waals surface area contributed by atoms with Crippen LogP contribution in [0.5, 0.6) is 0 Å². The molecule has 0 bridgehead atoms. The van der Waals surface area contributed by atoms with Gasteiger partial charge in [0.15, 0.2) is 6.10 Å². The number of aliphatic hydroxyl groups excluding tert-OH is 1. The molecular formula is C7H11N3O2. The Morgan fingerprint density at radius 3 is 2.75 bits per heavy atom. The topological polar surface area (TPSA) is 81.1 Å². The molecule has 1 heterocycles. The lowest BCUT2D eigenvalue weighted by molar-refractivity contribution is -0.126. The van der Waals surface area contributed by atoms with Crippen molar-refractivity contribution in [3.05, 3.63) is 17.5 Å². The minimum atomic E-state index is -1.25. The van der Waals surface area contributed by atoms with Gasteiger partial charge in [-0.1, -0.05) is 0 Å². The lowest BCUT2D eigenvalue weighted by atomic mass is 10.1. The summed E-state index contributed by atoms with van der Waals surface area (Å²) in [6.45, 7) is 1.71. The average Bonchev–Trinajstić information content (AvgIpc) is 2.28. The molecule has 0 aliphatic heterocycles. The van der Waals surface area contributed by atoms with Crippen molar-refractivity contribution in [2.24, 2.45) is 12.8 Å². The number of aromatic nitrogens is 2. The van der Waals surface area contributed by atoms with E-state index < -0.39 is 12.0 Å². The molecular weight excluding hydrogens is 158 g/mol. The number of carbonyl (C=O) groups is 1. The van der Waals surface area contributed by atoms with Gasteiger partial charge in [-0.2, -0.15) is 5.10 Å². The minimum absolute atomic E-state index is 0.463. The van der Waals surface area contributed by atoms with E-state index in [2.05, 4.69) is 5.10 Å². The molecule has 1 aromatic rings. The maximum atomic E-state index is 10.6. The molecule has 0 spiro atoms. The van der Waals surface area contributed by atoms with E-state index >= 15 is 0 Å². The maximum Gasteiger partial charge on any atom is 0.251 e. The first kappa shape index (κ1) is 8.73. The van der Waals surface area contributed by atoms with Crippen molar-refractivity contribution in [3.8, 4) is 0 Å². The quantitative estimate of drug-likeness (QED) is 0.611. The van der Waals surface area contributed by atoms with Gasteiger partial charge < -0.3 is 10.8 Å². The fourth-order valence-electron chi connectivity index (χ4n) is 1.04. The van der Waals surface area contributed by atoms with Gasteiger partial charge in [-0.15, -0.1) is 0 Å². The summed E-state index contributed by atoms with van der Waals surface area (Å²) >= 11 is 0. The summed E-state index contributed by atoms with van der Waals surface area (Å²) in [5, 5.41) is 13.2. The van der Waals surface area contributed by atoms with E-state index in [0.717, 1.165) is 0 Å². The van der Waals surface area contributed by atoms with Crippen LogP contribution in [0.1, 0.15) is 17.4 Å². The van der Waals surface area contributed by atoms with Crippen LogP contribution < -0.4 is 5.73 Å². The third-order valence-electron chi connectivity index (χ3n) is 1.62. The van der Waals surface area contributed by atoms with Crippen LogP contribution in [-0.2, 0) is 11.8 Å². The summed E-state index contributed by atoms with van der Waals surface area (Å²) in [5.41, 5.74) is 6.00. The van der Waals surface area contributed by atoms with E-state index in [4.69, 9.17) is 5.73 Å². The van der Waals surface area contributed by atoms with E-state index in [-0.39, 0.29) is 0 Å². The largest absolute Gasteiger partial charge is 0.378 e. The molecule has 1 aromatic heterocycles. The van der Waals surface area contributed by atoms with Crippen molar-refractivity contribution in [1.29, 1.82) is 0 Å². The zero-order valence-corrected chi connectivity index (χ0v) is 6.98. The number of carbonyl (C=O) groups excluding carboxylic acids is 1. The molecule has 0 radical (unpaired) electrons. The summed E-state index contributed by atoms with van der Waals surface area (Å²) in [6.07, 6.45) is 0.323. The zero-order chi connectivity index (χ0) is 9.30. The number of primary amides is 1. The summed E-state index contributed by atoms with van der Waals surface area (Å²) in [4.78, 5) is 10.6.